The van der Waals surface area contributed by atoms with Crippen LogP contribution in [0.3, 0.4) is 0 Å². The normalized spacial score (nSPS) is 14.2. The maximum atomic E-state index is 12.1. The molecule has 21 heavy (non-hydrogen) atoms. The Hall–Kier alpha value is -1.59. The third-order valence-electron chi connectivity index (χ3n) is 3.48. The predicted molar refractivity (Wildman–Crippen MR) is 81.6 cm³/mol. The maximum Gasteiger partial charge on any atom is 0.317 e. The molecule has 1 aliphatic rings. The summed E-state index contributed by atoms with van der Waals surface area (Å²) in [4.78, 5) is 24.6. The van der Waals surface area contributed by atoms with Gasteiger partial charge in [0, 0.05) is 17.3 Å². The minimum atomic E-state index is -0.914. The lowest BCUT2D eigenvalue weighted by atomic mass is 10.2. The molecular formula is C15H19ClN2O3. The van der Waals surface area contributed by atoms with Crippen LogP contribution >= 0.6 is 11.6 Å². The van der Waals surface area contributed by atoms with Gasteiger partial charge in [-0.2, -0.15) is 0 Å². The number of anilines is 1. The van der Waals surface area contributed by atoms with Crippen LogP contribution in [-0.4, -0.2) is 41.5 Å². The third kappa shape index (κ3) is 5.02. The molecule has 114 valence electrons. The monoisotopic (exact) mass is 310 g/mol. The van der Waals surface area contributed by atoms with E-state index in [9.17, 15) is 9.59 Å². The second-order valence-corrected chi connectivity index (χ2v) is 5.87. The molecule has 0 unspecified atom stereocenters. The number of nitrogens with one attached hydrogen (secondary N) is 1. The molecule has 0 aromatic heterocycles. The summed E-state index contributed by atoms with van der Waals surface area (Å²) >= 11 is 6.01. The minimum Gasteiger partial charge on any atom is -0.480 e. The molecule has 2 N–H and O–H groups in total. The second kappa shape index (κ2) is 6.91. The van der Waals surface area contributed by atoms with E-state index in [-0.39, 0.29) is 19.0 Å². The molecule has 5 nitrogen and oxygen atoms in total. The highest BCUT2D eigenvalue weighted by molar-refractivity contribution is 6.31. The van der Waals surface area contributed by atoms with Gasteiger partial charge < -0.3 is 10.4 Å². The fourth-order valence-electron chi connectivity index (χ4n) is 2.18. The Morgan fingerprint density at radius 2 is 2.10 bits per heavy atom. The lowest BCUT2D eigenvalue weighted by Gasteiger charge is -2.19. The first-order valence-corrected chi connectivity index (χ1v) is 7.32. The van der Waals surface area contributed by atoms with E-state index < -0.39 is 5.97 Å². The summed E-state index contributed by atoms with van der Waals surface area (Å²) in [6, 6.07) is 5.31. The van der Waals surface area contributed by atoms with Crippen molar-refractivity contribution in [3.05, 3.63) is 28.8 Å². The van der Waals surface area contributed by atoms with Crippen LogP contribution in [-0.2, 0) is 9.59 Å². The van der Waals surface area contributed by atoms with E-state index in [1.807, 2.05) is 6.92 Å². The van der Waals surface area contributed by atoms with Crippen LogP contribution in [0.5, 0.6) is 0 Å². The quantitative estimate of drug-likeness (QED) is 0.811. The zero-order valence-electron chi connectivity index (χ0n) is 11.9. The van der Waals surface area contributed by atoms with Crippen LogP contribution in [0, 0.1) is 12.8 Å². The average Bonchev–Trinajstić information content (AvgIpc) is 3.18. The molecule has 0 aliphatic heterocycles. The van der Waals surface area contributed by atoms with E-state index >= 15 is 0 Å². The summed E-state index contributed by atoms with van der Waals surface area (Å²) < 4.78 is 0. The van der Waals surface area contributed by atoms with Crippen molar-refractivity contribution >= 4 is 29.2 Å². The Morgan fingerprint density at radius 1 is 1.38 bits per heavy atom. The summed E-state index contributed by atoms with van der Waals surface area (Å²) in [7, 11) is 0. The van der Waals surface area contributed by atoms with Gasteiger partial charge in [0.25, 0.3) is 0 Å². The van der Waals surface area contributed by atoms with Crippen LogP contribution in [0.15, 0.2) is 18.2 Å². The van der Waals surface area contributed by atoms with Gasteiger partial charge in [-0.1, -0.05) is 17.7 Å². The number of benzene rings is 1. The molecule has 0 atom stereocenters. The topological polar surface area (TPSA) is 69.6 Å². The van der Waals surface area contributed by atoms with Crippen LogP contribution in [0.2, 0.25) is 5.02 Å². The van der Waals surface area contributed by atoms with Crippen molar-refractivity contribution in [2.45, 2.75) is 19.8 Å². The zero-order chi connectivity index (χ0) is 15.4. The minimum absolute atomic E-state index is 0.0781. The molecule has 1 aromatic carbocycles. The fraction of sp³-hybridized carbons (Fsp3) is 0.467. The SMILES string of the molecule is Cc1c(Cl)cccc1NC(=O)CN(CC(=O)O)CC1CC1. The Labute approximate surface area is 128 Å². The first-order chi connectivity index (χ1) is 9.95. The number of amides is 1. The number of rotatable bonds is 7. The Morgan fingerprint density at radius 3 is 2.71 bits per heavy atom. The van der Waals surface area contributed by atoms with Gasteiger partial charge in [0.05, 0.1) is 13.1 Å². The van der Waals surface area contributed by atoms with Crippen molar-refractivity contribution in [1.82, 2.24) is 4.90 Å². The molecular weight excluding hydrogens is 292 g/mol. The maximum absolute atomic E-state index is 12.1. The van der Waals surface area contributed by atoms with E-state index in [1.54, 1.807) is 23.1 Å². The molecule has 0 heterocycles. The predicted octanol–water partition coefficient (Wildman–Crippen LogP) is 2.38. The molecule has 0 spiro atoms. The first kappa shape index (κ1) is 15.8. The molecule has 2 rings (SSSR count). The number of hydrogen-bond donors (Lipinski definition) is 2. The summed E-state index contributed by atoms with van der Waals surface area (Å²) in [5, 5.41) is 12.3. The number of carbonyl (C=O) groups is 2. The average molecular weight is 311 g/mol. The second-order valence-electron chi connectivity index (χ2n) is 5.47. The third-order valence-corrected chi connectivity index (χ3v) is 3.89. The summed E-state index contributed by atoms with van der Waals surface area (Å²) in [6.07, 6.45) is 2.23. The van der Waals surface area contributed by atoms with E-state index in [2.05, 4.69) is 5.32 Å². The van der Waals surface area contributed by atoms with Gasteiger partial charge in [0.15, 0.2) is 0 Å². The van der Waals surface area contributed by atoms with E-state index in [0.29, 0.717) is 23.2 Å². The Kier molecular flexibility index (Phi) is 5.20. The number of carbonyl (C=O) groups excluding carboxylic acids is 1. The molecule has 1 aromatic rings. The van der Waals surface area contributed by atoms with Gasteiger partial charge >= 0.3 is 5.97 Å². The fourth-order valence-corrected chi connectivity index (χ4v) is 2.35. The van der Waals surface area contributed by atoms with Gasteiger partial charge in [0.2, 0.25) is 5.91 Å². The van der Waals surface area contributed by atoms with Crippen LogP contribution in [0.1, 0.15) is 18.4 Å². The van der Waals surface area contributed by atoms with Gasteiger partial charge in [-0.05, 0) is 43.4 Å². The molecule has 1 aliphatic carbocycles. The lowest BCUT2D eigenvalue weighted by molar-refractivity contribution is -0.138. The highest BCUT2D eigenvalue weighted by Crippen LogP contribution is 2.29. The summed E-state index contributed by atoms with van der Waals surface area (Å²) in [6.45, 7) is 2.46. The molecule has 1 saturated carbocycles. The van der Waals surface area contributed by atoms with Crippen molar-refractivity contribution in [3.8, 4) is 0 Å². The standard InChI is InChI=1S/C15H19ClN2O3/c1-10-12(16)3-2-4-13(10)17-14(19)8-18(9-15(20)21)7-11-5-6-11/h2-4,11H,5-9H2,1H3,(H,17,19)(H,20,21). The van der Waals surface area contributed by atoms with Crippen LogP contribution < -0.4 is 5.32 Å². The smallest absolute Gasteiger partial charge is 0.317 e. The largest absolute Gasteiger partial charge is 0.480 e. The highest BCUT2D eigenvalue weighted by Gasteiger charge is 2.26. The number of hydrogen-bond acceptors (Lipinski definition) is 3. The van der Waals surface area contributed by atoms with Crippen molar-refractivity contribution < 1.29 is 14.7 Å². The molecule has 0 bridgehead atoms. The first-order valence-electron chi connectivity index (χ1n) is 6.95. The number of nitrogens with zero attached hydrogens (tertiary/aromatic N) is 1. The van der Waals surface area contributed by atoms with E-state index in [0.717, 1.165) is 18.4 Å². The Bertz CT molecular complexity index is 544. The number of carboxylic acid groups (broad SMARTS) is 1. The van der Waals surface area contributed by atoms with Gasteiger partial charge in [-0.25, -0.2) is 0 Å². The van der Waals surface area contributed by atoms with Crippen LogP contribution in [0.25, 0.3) is 0 Å². The van der Waals surface area contributed by atoms with Gasteiger partial charge in [-0.3, -0.25) is 14.5 Å². The van der Waals surface area contributed by atoms with Crippen molar-refractivity contribution in [2.24, 2.45) is 5.92 Å². The van der Waals surface area contributed by atoms with E-state index in [1.165, 1.54) is 0 Å². The van der Waals surface area contributed by atoms with E-state index in [4.69, 9.17) is 16.7 Å². The van der Waals surface area contributed by atoms with Crippen molar-refractivity contribution in [2.75, 3.05) is 25.0 Å². The highest BCUT2D eigenvalue weighted by atomic mass is 35.5. The number of halogens is 1. The molecule has 0 saturated heterocycles. The van der Waals surface area contributed by atoms with Gasteiger partial charge in [0.1, 0.15) is 0 Å². The summed E-state index contributed by atoms with van der Waals surface area (Å²) in [5.74, 6) is -0.602. The zero-order valence-corrected chi connectivity index (χ0v) is 12.7. The molecule has 1 fully saturated rings. The number of carboxylic acids is 1. The van der Waals surface area contributed by atoms with Crippen LogP contribution in [0.4, 0.5) is 5.69 Å². The molecule has 0 radical (unpaired) electrons. The molecule has 6 heteroatoms. The summed E-state index contributed by atoms with van der Waals surface area (Å²) in [5.41, 5.74) is 1.47. The van der Waals surface area contributed by atoms with Gasteiger partial charge in [-0.15, -0.1) is 0 Å². The number of aliphatic carboxylic acids is 1. The Balaban J connectivity index is 1.94. The lowest BCUT2D eigenvalue weighted by Crippen LogP contribution is -2.38. The van der Waals surface area contributed by atoms with Crippen molar-refractivity contribution in [1.29, 1.82) is 0 Å². The molecule has 1 amide bonds. The van der Waals surface area contributed by atoms with Crippen molar-refractivity contribution in [3.63, 3.8) is 0 Å².